The molecule has 3 nitrogen and oxygen atoms in total. The Morgan fingerprint density at radius 2 is 1.83 bits per heavy atom. The van der Waals surface area contributed by atoms with Crippen LogP contribution in [-0.4, -0.2) is 10.8 Å². The molecule has 1 aliphatic rings. The fourth-order valence-electron chi connectivity index (χ4n) is 3.67. The summed E-state index contributed by atoms with van der Waals surface area (Å²) in [5, 5.41) is 14.0. The molecule has 0 aliphatic carbocycles. The normalized spacial score (nSPS) is 18.9. The largest absolute Gasteiger partial charge is 0.508 e. The second kappa shape index (κ2) is 9.00. The molecule has 0 fully saturated rings. The Labute approximate surface area is 192 Å². The van der Waals surface area contributed by atoms with Crippen LogP contribution in [0.2, 0.25) is 0 Å². The number of phenols is 1. The zero-order valence-electron chi connectivity index (χ0n) is 16.4. The summed E-state index contributed by atoms with van der Waals surface area (Å²) < 4.78 is 15.1. The number of benzene rings is 3. The number of aliphatic imine (C=N–C) groups is 1. The van der Waals surface area contributed by atoms with Crippen LogP contribution in [0.4, 0.5) is 4.39 Å². The Morgan fingerprint density at radius 1 is 1.07 bits per heavy atom. The monoisotopic (exact) mass is 530 g/mol. The Kier molecular flexibility index (Phi) is 6.37. The molecule has 6 heteroatoms. The Balaban J connectivity index is 1.77. The lowest BCUT2D eigenvalue weighted by Gasteiger charge is -2.31. The van der Waals surface area contributed by atoms with Crippen LogP contribution < -0.4 is 5.32 Å². The fraction of sp³-hybridized carbons (Fsp3) is 0.208. The third-order valence-electron chi connectivity index (χ3n) is 5.36. The maximum absolute atomic E-state index is 13.8. The molecule has 0 saturated heterocycles. The fourth-order valence-corrected chi connectivity index (χ4v) is 4.45. The number of nitrogens with zero attached hydrogens (tertiary/aromatic N) is 1. The van der Waals surface area contributed by atoms with Gasteiger partial charge in [-0.15, -0.1) is 0 Å². The van der Waals surface area contributed by atoms with Gasteiger partial charge in [-0.25, -0.2) is 4.39 Å². The van der Waals surface area contributed by atoms with E-state index >= 15 is 0 Å². The van der Waals surface area contributed by atoms with Crippen molar-refractivity contribution in [2.75, 3.05) is 0 Å². The van der Waals surface area contributed by atoms with Crippen molar-refractivity contribution in [3.8, 4) is 5.75 Å². The van der Waals surface area contributed by atoms with Gasteiger partial charge in [0.2, 0.25) is 0 Å². The van der Waals surface area contributed by atoms with Gasteiger partial charge in [-0.05, 0) is 69.4 Å². The van der Waals surface area contributed by atoms with Gasteiger partial charge in [-0.1, -0.05) is 53.2 Å². The van der Waals surface area contributed by atoms with Crippen LogP contribution in [-0.2, 0) is 6.42 Å². The van der Waals surface area contributed by atoms with Crippen LogP contribution in [0.25, 0.3) is 0 Å². The minimum Gasteiger partial charge on any atom is -0.508 e. The van der Waals surface area contributed by atoms with E-state index in [0.717, 1.165) is 33.3 Å². The molecule has 2 atom stereocenters. The first-order valence-corrected chi connectivity index (χ1v) is 11.4. The smallest absolute Gasteiger partial charge is 0.137 e. The predicted molar refractivity (Wildman–Crippen MR) is 125 cm³/mol. The van der Waals surface area contributed by atoms with E-state index in [2.05, 4.69) is 68.4 Å². The third kappa shape index (κ3) is 4.51. The van der Waals surface area contributed by atoms with E-state index in [4.69, 9.17) is 4.99 Å². The molecule has 0 aromatic heterocycles. The maximum atomic E-state index is 13.8. The highest BCUT2D eigenvalue weighted by Crippen LogP contribution is 2.36. The summed E-state index contributed by atoms with van der Waals surface area (Å²) >= 11 is 6.77. The van der Waals surface area contributed by atoms with Crippen LogP contribution in [0, 0.1) is 5.82 Å². The molecule has 1 aliphatic heterocycles. The van der Waals surface area contributed by atoms with Gasteiger partial charge in [0.05, 0.1) is 4.47 Å². The molecular formula is C24H21Br2FN2O. The molecule has 1 heterocycles. The summed E-state index contributed by atoms with van der Waals surface area (Å²) in [7, 11) is 0. The maximum Gasteiger partial charge on any atom is 0.137 e. The summed E-state index contributed by atoms with van der Waals surface area (Å²) in [5.74, 6) is -0.0765. The Bertz CT molecular complexity index is 1100. The SMILES string of the molecule is CCc1ccc(C2=N[C@@H](c3ccc(F)c(Br)c3)N[C@@H](c3cc(Br)ccc3O)C2)cc1. The molecule has 0 radical (unpaired) electrons. The number of halogens is 3. The molecule has 0 bridgehead atoms. The van der Waals surface area contributed by atoms with Gasteiger partial charge in [0.15, 0.2) is 0 Å². The number of aromatic hydroxyl groups is 1. The zero-order valence-corrected chi connectivity index (χ0v) is 19.5. The van der Waals surface area contributed by atoms with Gasteiger partial charge in [0.25, 0.3) is 0 Å². The first-order valence-electron chi connectivity index (χ1n) is 9.80. The minimum atomic E-state index is -0.361. The zero-order chi connectivity index (χ0) is 21.3. The average Bonchev–Trinajstić information content (AvgIpc) is 2.77. The number of aryl methyl sites for hydroxylation is 1. The van der Waals surface area contributed by atoms with Crippen molar-refractivity contribution in [1.29, 1.82) is 0 Å². The van der Waals surface area contributed by atoms with Gasteiger partial charge in [-0.2, -0.15) is 0 Å². The Hall–Kier alpha value is -2.02. The van der Waals surface area contributed by atoms with Crippen LogP contribution in [0.15, 0.2) is 74.6 Å². The average molecular weight is 532 g/mol. The van der Waals surface area contributed by atoms with E-state index in [-0.39, 0.29) is 23.8 Å². The quantitative estimate of drug-likeness (QED) is 0.387. The van der Waals surface area contributed by atoms with E-state index in [1.165, 1.54) is 11.6 Å². The van der Waals surface area contributed by atoms with Crippen molar-refractivity contribution >= 4 is 37.6 Å². The molecule has 0 saturated carbocycles. The number of rotatable bonds is 4. The number of nitrogens with one attached hydrogen (secondary N) is 1. The summed E-state index contributed by atoms with van der Waals surface area (Å²) in [5.41, 5.74) is 4.93. The highest BCUT2D eigenvalue weighted by Gasteiger charge is 2.28. The second-order valence-corrected chi connectivity index (χ2v) is 9.10. The van der Waals surface area contributed by atoms with Crippen molar-refractivity contribution in [1.82, 2.24) is 5.32 Å². The van der Waals surface area contributed by atoms with Crippen LogP contribution >= 0.6 is 31.9 Å². The number of phenolic OH excluding ortho intramolecular Hbond substituents is 1. The van der Waals surface area contributed by atoms with Crippen LogP contribution in [0.5, 0.6) is 5.75 Å². The minimum absolute atomic E-state index is 0.144. The lowest BCUT2D eigenvalue weighted by atomic mass is 9.93. The third-order valence-corrected chi connectivity index (χ3v) is 6.46. The molecule has 0 amide bonds. The van der Waals surface area contributed by atoms with Crippen LogP contribution in [0.3, 0.4) is 0 Å². The van der Waals surface area contributed by atoms with E-state index in [1.807, 2.05) is 12.1 Å². The summed E-state index contributed by atoms with van der Waals surface area (Å²) in [6.45, 7) is 2.13. The predicted octanol–water partition coefficient (Wildman–Crippen LogP) is 6.84. The van der Waals surface area contributed by atoms with Crippen molar-refractivity contribution in [3.05, 3.63) is 97.7 Å². The molecule has 0 spiro atoms. The summed E-state index contributed by atoms with van der Waals surface area (Å²) in [4.78, 5) is 4.95. The Morgan fingerprint density at radius 3 is 2.53 bits per heavy atom. The molecule has 0 unspecified atom stereocenters. The molecule has 3 aromatic rings. The molecular weight excluding hydrogens is 511 g/mol. The number of hydrogen-bond acceptors (Lipinski definition) is 3. The highest BCUT2D eigenvalue weighted by molar-refractivity contribution is 9.10. The summed E-state index contributed by atoms with van der Waals surface area (Å²) in [6, 6.07) is 18.6. The van der Waals surface area contributed by atoms with E-state index in [1.54, 1.807) is 18.2 Å². The van der Waals surface area contributed by atoms with Crippen molar-refractivity contribution in [2.45, 2.75) is 32.0 Å². The van der Waals surface area contributed by atoms with Gasteiger partial charge in [-0.3, -0.25) is 10.3 Å². The number of hydrogen-bond donors (Lipinski definition) is 2. The van der Waals surface area contributed by atoms with Gasteiger partial charge in [0.1, 0.15) is 17.7 Å². The first-order chi connectivity index (χ1) is 14.4. The van der Waals surface area contributed by atoms with E-state index < -0.39 is 0 Å². The van der Waals surface area contributed by atoms with Crippen molar-refractivity contribution in [3.63, 3.8) is 0 Å². The molecule has 30 heavy (non-hydrogen) atoms. The lowest BCUT2D eigenvalue weighted by Crippen LogP contribution is -2.33. The van der Waals surface area contributed by atoms with Gasteiger partial charge >= 0.3 is 0 Å². The van der Waals surface area contributed by atoms with Gasteiger partial charge in [0, 0.05) is 28.2 Å². The lowest BCUT2D eigenvalue weighted by molar-refractivity contribution is 0.412. The van der Waals surface area contributed by atoms with E-state index in [0.29, 0.717) is 10.9 Å². The first kappa shape index (κ1) is 21.2. The molecule has 2 N–H and O–H groups in total. The van der Waals surface area contributed by atoms with Crippen LogP contribution in [0.1, 0.15) is 47.8 Å². The highest BCUT2D eigenvalue weighted by atomic mass is 79.9. The van der Waals surface area contributed by atoms with Crippen molar-refractivity contribution < 1.29 is 9.50 Å². The topological polar surface area (TPSA) is 44.6 Å². The molecule has 4 rings (SSSR count). The second-order valence-electron chi connectivity index (χ2n) is 7.33. The molecule has 154 valence electrons. The van der Waals surface area contributed by atoms with Crippen molar-refractivity contribution in [2.24, 2.45) is 4.99 Å². The standard InChI is InChI=1S/C24H21Br2FN2O/c1-2-14-3-5-15(6-4-14)21-13-22(18-12-17(25)8-10-23(18)30)29-24(28-21)16-7-9-20(27)19(26)11-16/h3-12,22,24,29-30H,2,13H2,1H3/t22-,24-/m1/s1. The van der Waals surface area contributed by atoms with Gasteiger partial charge < -0.3 is 5.11 Å². The van der Waals surface area contributed by atoms with E-state index in [9.17, 15) is 9.50 Å². The molecule has 3 aromatic carbocycles. The summed E-state index contributed by atoms with van der Waals surface area (Å²) in [6.07, 6.45) is 1.25.